The van der Waals surface area contributed by atoms with E-state index in [4.69, 9.17) is 16.3 Å². The Kier molecular flexibility index (Phi) is 4.57. The summed E-state index contributed by atoms with van der Waals surface area (Å²) in [4.78, 5) is 7.92. The number of hydrogen-bond donors (Lipinski definition) is 3. The molecule has 6 heteroatoms. The Morgan fingerprint density at radius 2 is 2.15 bits per heavy atom. The lowest BCUT2D eigenvalue weighted by atomic mass is 10.1. The standard InChI is InChI=1S/C20H21ClN4O/c1-12-9-14(10-18(26-2)19(12)21)24-16-5-8-23-20-15(16)11-17(25-20)13-3-6-22-7-4-13/h3,5,8-11,22H,4,6-7H2,1-2H3,(H2,23,24,25). The van der Waals surface area contributed by atoms with Crippen LogP contribution in [0.4, 0.5) is 11.4 Å². The molecule has 0 radical (unpaired) electrons. The van der Waals surface area contributed by atoms with Gasteiger partial charge in [0.05, 0.1) is 17.8 Å². The maximum absolute atomic E-state index is 6.27. The zero-order valence-electron chi connectivity index (χ0n) is 14.8. The number of pyridine rings is 1. The number of anilines is 2. The van der Waals surface area contributed by atoms with E-state index < -0.39 is 0 Å². The van der Waals surface area contributed by atoms with Gasteiger partial charge in [0.25, 0.3) is 0 Å². The molecule has 3 aromatic rings. The second-order valence-corrected chi connectivity index (χ2v) is 6.80. The first kappa shape index (κ1) is 16.9. The second-order valence-electron chi connectivity index (χ2n) is 6.42. The van der Waals surface area contributed by atoms with Crippen molar-refractivity contribution in [2.45, 2.75) is 13.3 Å². The summed E-state index contributed by atoms with van der Waals surface area (Å²) in [6.45, 7) is 3.88. The molecule has 4 rings (SSSR count). The molecule has 134 valence electrons. The van der Waals surface area contributed by atoms with E-state index in [1.54, 1.807) is 7.11 Å². The number of benzene rings is 1. The van der Waals surface area contributed by atoms with Gasteiger partial charge in [-0.25, -0.2) is 4.98 Å². The molecule has 0 saturated heterocycles. The molecule has 26 heavy (non-hydrogen) atoms. The van der Waals surface area contributed by atoms with Crippen molar-refractivity contribution in [2.24, 2.45) is 0 Å². The van der Waals surface area contributed by atoms with Gasteiger partial charge < -0.3 is 20.4 Å². The van der Waals surface area contributed by atoms with Gasteiger partial charge in [0.15, 0.2) is 0 Å². The number of aryl methyl sites for hydroxylation is 1. The van der Waals surface area contributed by atoms with Gasteiger partial charge in [0, 0.05) is 35.6 Å². The van der Waals surface area contributed by atoms with E-state index in [0.717, 1.165) is 53.2 Å². The van der Waals surface area contributed by atoms with Gasteiger partial charge >= 0.3 is 0 Å². The zero-order valence-corrected chi connectivity index (χ0v) is 15.6. The van der Waals surface area contributed by atoms with Crippen LogP contribution in [0.5, 0.6) is 5.75 Å². The molecule has 0 spiro atoms. The number of rotatable bonds is 4. The monoisotopic (exact) mass is 368 g/mol. The number of methoxy groups -OCH3 is 1. The van der Waals surface area contributed by atoms with Crippen LogP contribution in [0.1, 0.15) is 17.7 Å². The predicted molar refractivity (Wildman–Crippen MR) is 108 cm³/mol. The number of aromatic amines is 1. The Morgan fingerprint density at radius 3 is 2.92 bits per heavy atom. The molecule has 3 N–H and O–H groups in total. The van der Waals surface area contributed by atoms with E-state index in [1.807, 2.05) is 31.3 Å². The van der Waals surface area contributed by atoms with Gasteiger partial charge in [-0.05, 0) is 49.2 Å². The number of nitrogens with one attached hydrogen (secondary N) is 3. The van der Waals surface area contributed by atoms with Gasteiger partial charge in [-0.15, -0.1) is 0 Å². The van der Waals surface area contributed by atoms with Gasteiger partial charge in [0.2, 0.25) is 0 Å². The summed E-state index contributed by atoms with van der Waals surface area (Å²) in [6.07, 6.45) is 5.06. The van der Waals surface area contributed by atoms with Crippen LogP contribution in [0.2, 0.25) is 5.02 Å². The van der Waals surface area contributed by atoms with Crippen molar-refractivity contribution < 1.29 is 4.74 Å². The van der Waals surface area contributed by atoms with Crippen molar-refractivity contribution >= 4 is 39.6 Å². The summed E-state index contributed by atoms with van der Waals surface area (Å²) in [5.41, 5.74) is 6.23. The highest BCUT2D eigenvalue weighted by atomic mass is 35.5. The normalized spacial score (nSPS) is 14.3. The first-order valence-corrected chi connectivity index (χ1v) is 9.02. The minimum atomic E-state index is 0.639. The van der Waals surface area contributed by atoms with Crippen molar-refractivity contribution in [1.82, 2.24) is 15.3 Å². The Bertz CT molecular complexity index is 993. The molecule has 0 unspecified atom stereocenters. The van der Waals surface area contributed by atoms with E-state index in [0.29, 0.717) is 10.8 Å². The van der Waals surface area contributed by atoms with Gasteiger partial charge in [-0.1, -0.05) is 17.7 Å². The van der Waals surface area contributed by atoms with E-state index in [1.165, 1.54) is 5.57 Å². The molecular weight excluding hydrogens is 348 g/mol. The fourth-order valence-corrected chi connectivity index (χ4v) is 3.48. The quantitative estimate of drug-likeness (QED) is 0.627. The number of hydrogen-bond acceptors (Lipinski definition) is 4. The number of aromatic nitrogens is 2. The van der Waals surface area contributed by atoms with Gasteiger partial charge in [0.1, 0.15) is 11.4 Å². The smallest absolute Gasteiger partial charge is 0.139 e. The molecule has 1 aliphatic rings. The first-order chi connectivity index (χ1) is 12.7. The molecular formula is C20H21ClN4O. The summed E-state index contributed by atoms with van der Waals surface area (Å²) in [5, 5.41) is 8.52. The molecule has 1 aromatic carbocycles. The third kappa shape index (κ3) is 3.16. The molecule has 0 amide bonds. The Hall–Kier alpha value is -2.50. The summed E-state index contributed by atoms with van der Waals surface area (Å²) in [5.74, 6) is 0.661. The molecule has 2 aromatic heterocycles. The Labute approximate surface area is 157 Å². The SMILES string of the molecule is COc1cc(Nc2ccnc3[nH]c(C4=CCNCC4)cc23)cc(C)c1Cl. The number of ether oxygens (including phenoxy) is 1. The average molecular weight is 369 g/mol. The predicted octanol–water partition coefficient (Wildman–Crippen LogP) is 4.65. The fraction of sp³-hybridized carbons (Fsp3) is 0.250. The molecule has 0 atom stereocenters. The summed E-state index contributed by atoms with van der Waals surface area (Å²) >= 11 is 6.27. The van der Waals surface area contributed by atoms with Crippen molar-refractivity contribution in [3.05, 3.63) is 52.8 Å². The Balaban J connectivity index is 1.72. The van der Waals surface area contributed by atoms with Crippen molar-refractivity contribution in [2.75, 3.05) is 25.5 Å². The minimum Gasteiger partial charge on any atom is -0.495 e. The van der Waals surface area contributed by atoms with Crippen molar-refractivity contribution in [3.63, 3.8) is 0 Å². The highest BCUT2D eigenvalue weighted by Gasteiger charge is 2.13. The van der Waals surface area contributed by atoms with E-state index in [9.17, 15) is 0 Å². The van der Waals surface area contributed by atoms with E-state index in [-0.39, 0.29) is 0 Å². The van der Waals surface area contributed by atoms with Crippen LogP contribution in [0.25, 0.3) is 16.6 Å². The maximum atomic E-state index is 6.27. The third-order valence-electron chi connectivity index (χ3n) is 4.66. The van der Waals surface area contributed by atoms with Crippen LogP contribution in [0, 0.1) is 6.92 Å². The molecule has 0 saturated carbocycles. The molecule has 5 nitrogen and oxygen atoms in total. The highest BCUT2D eigenvalue weighted by Crippen LogP contribution is 2.34. The third-order valence-corrected chi connectivity index (χ3v) is 5.15. The molecule has 0 fully saturated rings. The number of nitrogens with zero attached hydrogens (tertiary/aromatic N) is 1. The van der Waals surface area contributed by atoms with Crippen LogP contribution in [-0.2, 0) is 0 Å². The molecule has 3 heterocycles. The van der Waals surface area contributed by atoms with Crippen molar-refractivity contribution in [1.29, 1.82) is 0 Å². The zero-order chi connectivity index (χ0) is 18.1. The second kappa shape index (κ2) is 7.02. The lowest BCUT2D eigenvalue weighted by molar-refractivity contribution is 0.415. The topological polar surface area (TPSA) is 62.0 Å². The summed E-state index contributed by atoms with van der Waals surface area (Å²) < 4.78 is 5.37. The maximum Gasteiger partial charge on any atom is 0.139 e. The van der Waals surface area contributed by atoms with E-state index in [2.05, 4.69) is 32.7 Å². The van der Waals surface area contributed by atoms with Crippen LogP contribution in [0.15, 0.2) is 36.5 Å². The van der Waals surface area contributed by atoms with Gasteiger partial charge in [-0.3, -0.25) is 0 Å². The van der Waals surface area contributed by atoms with Crippen LogP contribution < -0.4 is 15.4 Å². The van der Waals surface area contributed by atoms with Crippen LogP contribution in [-0.4, -0.2) is 30.2 Å². The average Bonchev–Trinajstić information content (AvgIpc) is 3.10. The fourth-order valence-electron chi connectivity index (χ4n) is 3.29. The summed E-state index contributed by atoms with van der Waals surface area (Å²) in [7, 11) is 1.63. The molecule has 0 bridgehead atoms. The van der Waals surface area contributed by atoms with Crippen LogP contribution >= 0.6 is 11.6 Å². The lowest BCUT2D eigenvalue weighted by Gasteiger charge is -2.12. The van der Waals surface area contributed by atoms with E-state index >= 15 is 0 Å². The molecule has 0 aliphatic carbocycles. The number of halogens is 1. The number of H-pyrrole nitrogens is 1. The van der Waals surface area contributed by atoms with Crippen molar-refractivity contribution in [3.8, 4) is 5.75 Å². The summed E-state index contributed by atoms with van der Waals surface area (Å²) in [6, 6.07) is 8.07. The lowest BCUT2D eigenvalue weighted by Crippen LogP contribution is -2.20. The number of fused-ring (bicyclic) bond motifs is 1. The first-order valence-electron chi connectivity index (χ1n) is 8.64. The Morgan fingerprint density at radius 1 is 1.27 bits per heavy atom. The van der Waals surface area contributed by atoms with Gasteiger partial charge in [-0.2, -0.15) is 0 Å². The van der Waals surface area contributed by atoms with Crippen LogP contribution in [0.3, 0.4) is 0 Å². The minimum absolute atomic E-state index is 0.639. The largest absolute Gasteiger partial charge is 0.495 e. The molecule has 1 aliphatic heterocycles. The highest BCUT2D eigenvalue weighted by molar-refractivity contribution is 6.33.